The molecule has 1 rings (SSSR count). The highest BCUT2D eigenvalue weighted by Crippen LogP contribution is 2.23. The van der Waals surface area contributed by atoms with Crippen molar-refractivity contribution in [3.05, 3.63) is 16.3 Å². The standard InChI is InChI=1S/C8H12N4O4/c1-11(4-2-3-7(13)14)6-5-9-10-8(6)12(15)16/h5H,2-4H2,1H3,(H,9,10)(H,13,14). The number of carbonyl (C=O) groups is 1. The van der Waals surface area contributed by atoms with Gasteiger partial charge in [0, 0.05) is 20.0 Å². The second kappa shape index (κ2) is 5.10. The molecule has 88 valence electrons. The molecule has 0 aliphatic carbocycles. The molecule has 0 saturated carbocycles. The number of carboxylic acids is 1. The average molecular weight is 228 g/mol. The zero-order valence-corrected chi connectivity index (χ0v) is 8.71. The van der Waals surface area contributed by atoms with Crippen LogP contribution in [0, 0.1) is 10.1 Å². The van der Waals surface area contributed by atoms with E-state index in [9.17, 15) is 14.9 Å². The highest BCUT2D eigenvalue weighted by Gasteiger charge is 2.18. The van der Waals surface area contributed by atoms with Gasteiger partial charge in [0.25, 0.3) is 0 Å². The van der Waals surface area contributed by atoms with Gasteiger partial charge in [-0.2, -0.15) is 0 Å². The summed E-state index contributed by atoms with van der Waals surface area (Å²) in [6.07, 6.45) is 1.81. The fourth-order valence-electron chi connectivity index (χ4n) is 1.27. The molecule has 0 aliphatic rings. The number of nitrogens with zero attached hydrogens (tertiary/aromatic N) is 3. The van der Waals surface area contributed by atoms with Gasteiger partial charge in [0.05, 0.1) is 0 Å². The Balaban J connectivity index is 2.58. The summed E-state index contributed by atoms with van der Waals surface area (Å²) in [5.74, 6) is -1.06. The largest absolute Gasteiger partial charge is 0.481 e. The van der Waals surface area contributed by atoms with Crippen molar-refractivity contribution < 1.29 is 14.8 Å². The Labute approximate surface area is 91.0 Å². The number of aromatic amines is 1. The molecule has 0 amide bonds. The Morgan fingerprint density at radius 1 is 1.75 bits per heavy atom. The molecule has 0 radical (unpaired) electrons. The third-order valence-electron chi connectivity index (χ3n) is 2.08. The van der Waals surface area contributed by atoms with E-state index in [2.05, 4.69) is 10.2 Å². The van der Waals surface area contributed by atoms with E-state index in [0.717, 1.165) is 0 Å². The predicted octanol–water partition coefficient (Wildman–Crippen LogP) is 0.619. The summed E-state index contributed by atoms with van der Waals surface area (Å²) in [5.41, 5.74) is 0.357. The number of H-pyrrole nitrogens is 1. The van der Waals surface area contributed by atoms with E-state index in [4.69, 9.17) is 5.11 Å². The molecule has 0 aliphatic heterocycles. The summed E-state index contributed by atoms with van der Waals surface area (Å²) in [6.45, 7) is 0.423. The number of aromatic nitrogens is 2. The molecule has 0 saturated heterocycles. The lowest BCUT2D eigenvalue weighted by molar-refractivity contribution is -0.388. The van der Waals surface area contributed by atoms with Gasteiger partial charge in [-0.05, 0) is 11.3 Å². The highest BCUT2D eigenvalue weighted by molar-refractivity contribution is 5.66. The van der Waals surface area contributed by atoms with Gasteiger partial charge in [-0.25, -0.2) is 0 Å². The zero-order valence-electron chi connectivity index (χ0n) is 8.71. The minimum atomic E-state index is -0.880. The van der Waals surface area contributed by atoms with Crippen LogP contribution < -0.4 is 4.90 Å². The first-order valence-electron chi connectivity index (χ1n) is 4.63. The van der Waals surface area contributed by atoms with Gasteiger partial charge >= 0.3 is 11.8 Å². The molecule has 0 fully saturated rings. The predicted molar refractivity (Wildman–Crippen MR) is 55.4 cm³/mol. The van der Waals surface area contributed by atoms with Crippen molar-refractivity contribution in [2.45, 2.75) is 12.8 Å². The van der Waals surface area contributed by atoms with Crippen LogP contribution in [0.15, 0.2) is 6.20 Å². The molecule has 0 spiro atoms. The number of carboxylic acid groups (broad SMARTS) is 1. The summed E-state index contributed by atoms with van der Waals surface area (Å²) < 4.78 is 0. The van der Waals surface area contributed by atoms with Crippen molar-refractivity contribution in [1.29, 1.82) is 0 Å². The second-order valence-electron chi connectivity index (χ2n) is 3.28. The maximum absolute atomic E-state index is 10.6. The Morgan fingerprint density at radius 2 is 2.44 bits per heavy atom. The van der Waals surface area contributed by atoms with Crippen LogP contribution in [0.2, 0.25) is 0 Å². The van der Waals surface area contributed by atoms with Gasteiger partial charge in [-0.15, -0.1) is 5.10 Å². The zero-order chi connectivity index (χ0) is 12.1. The molecule has 0 aromatic carbocycles. The van der Waals surface area contributed by atoms with Gasteiger partial charge in [-0.1, -0.05) is 5.10 Å². The number of nitrogens with one attached hydrogen (secondary N) is 1. The lowest BCUT2D eigenvalue weighted by Gasteiger charge is -2.15. The second-order valence-corrected chi connectivity index (χ2v) is 3.28. The quantitative estimate of drug-likeness (QED) is 0.545. The van der Waals surface area contributed by atoms with Crippen molar-refractivity contribution in [2.24, 2.45) is 0 Å². The van der Waals surface area contributed by atoms with E-state index in [1.807, 2.05) is 0 Å². The minimum Gasteiger partial charge on any atom is -0.481 e. The van der Waals surface area contributed by atoms with Gasteiger partial charge in [0.1, 0.15) is 6.20 Å². The van der Waals surface area contributed by atoms with Crippen molar-refractivity contribution in [1.82, 2.24) is 10.2 Å². The Morgan fingerprint density at radius 3 is 3.00 bits per heavy atom. The van der Waals surface area contributed by atoms with Gasteiger partial charge in [-0.3, -0.25) is 4.79 Å². The molecule has 1 aromatic rings. The molecule has 8 nitrogen and oxygen atoms in total. The van der Waals surface area contributed by atoms with Crippen molar-refractivity contribution in [3.63, 3.8) is 0 Å². The molecule has 0 atom stereocenters. The first-order chi connectivity index (χ1) is 7.52. The number of rotatable bonds is 6. The molecule has 16 heavy (non-hydrogen) atoms. The van der Waals surface area contributed by atoms with Gasteiger partial charge in [0.2, 0.25) is 0 Å². The van der Waals surface area contributed by atoms with Crippen LogP contribution in [-0.2, 0) is 4.79 Å². The Hall–Kier alpha value is -2.12. The lowest BCUT2D eigenvalue weighted by atomic mass is 10.3. The molecular formula is C8H12N4O4. The minimum absolute atomic E-state index is 0.0377. The van der Waals surface area contributed by atoms with Crippen LogP contribution in [0.3, 0.4) is 0 Å². The summed E-state index contributed by atoms with van der Waals surface area (Å²) in [5, 5.41) is 24.9. The maximum Gasteiger partial charge on any atom is 0.366 e. The Bertz CT molecular complexity index is 389. The maximum atomic E-state index is 10.6. The summed E-state index contributed by atoms with van der Waals surface area (Å²) in [4.78, 5) is 21.9. The number of hydrogen-bond acceptors (Lipinski definition) is 5. The molecule has 8 heteroatoms. The van der Waals surface area contributed by atoms with Crippen LogP contribution >= 0.6 is 0 Å². The Kier molecular flexibility index (Phi) is 3.81. The van der Waals surface area contributed by atoms with Crippen LogP contribution in [0.4, 0.5) is 11.5 Å². The van der Waals surface area contributed by atoms with E-state index in [1.54, 1.807) is 11.9 Å². The lowest BCUT2D eigenvalue weighted by Crippen LogP contribution is -2.19. The summed E-state index contributed by atoms with van der Waals surface area (Å²) in [6, 6.07) is 0. The third-order valence-corrected chi connectivity index (χ3v) is 2.08. The molecule has 2 N–H and O–H groups in total. The first kappa shape index (κ1) is 12.0. The van der Waals surface area contributed by atoms with Crippen LogP contribution in [-0.4, -0.2) is 39.8 Å². The molecule has 0 unspecified atom stereocenters. The van der Waals surface area contributed by atoms with Crippen molar-refractivity contribution in [2.75, 3.05) is 18.5 Å². The van der Waals surface area contributed by atoms with Crippen molar-refractivity contribution in [3.8, 4) is 0 Å². The number of nitro groups is 1. The summed E-state index contributed by atoms with van der Waals surface area (Å²) in [7, 11) is 1.65. The topological polar surface area (TPSA) is 112 Å². The molecule has 1 heterocycles. The first-order valence-corrected chi connectivity index (χ1v) is 4.63. The monoisotopic (exact) mass is 228 g/mol. The SMILES string of the molecule is CN(CCCC(=O)O)c1cn[nH]c1[N+](=O)[O-]. The smallest absolute Gasteiger partial charge is 0.366 e. The fraction of sp³-hybridized carbons (Fsp3) is 0.500. The van der Waals surface area contributed by atoms with E-state index < -0.39 is 10.9 Å². The number of anilines is 1. The molecule has 0 bridgehead atoms. The van der Waals surface area contributed by atoms with Crippen LogP contribution in [0.1, 0.15) is 12.8 Å². The third kappa shape index (κ3) is 2.94. The summed E-state index contributed by atoms with van der Waals surface area (Å²) >= 11 is 0. The number of hydrogen-bond donors (Lipinski definition) is 2. The van der Waals surface area contributed by atoms with E-state index >= 15 is 0 Å². The fourth-order valence-corrected chi connectivity index (χ4v) is 1.27. The normalized spacial score (nSPS) is 10.1. The van der Waals surface area contributed by atoms with E-state index in [0.29, 0.717) is 18.7 Å². The van der Waals surface area contributed by atoms with E-state index in [-0.39, 0.29) is 12.2 Å². The number of aliphatic carboxylic acids is 1. The van der Waals surface area contributed by atoms with Crippen LogP contribution in [0.5, 0.6) is 0 Å². The van der Waals surface area contributed by atoms with Gasteiger partial charge in [0.15, 0.2) is 5.69 Å². The molecular weight excluding hydrogens is 216 g/mol. The van der Waals surface area contributed by atoms with Crippen molar-refractivity contribution >= 4 is 17.5 Å². The van der Waals surface area contributed by atoms with Crippen LogP contribution in [0.25, 0.3) is 0 Å². The highest BCUT2D eigenvalue weighted by atomic mass is 16.6. The van der Waals surface area contributed by atoms with E-state index in [1.165, 1.54) is 6.20 Å². The average Bonchev–Trinajstić information content (AvgIpc) is 2.65. The molecule has 1 aromatic heterocycles. The van der Waals surface area contributed by atoms with Gasteiger partial charge < -0.3 is 20.1 Å².